The number of ether oxygens (including phenoxy) is 6. The van der Waals surface area contributed by atoms with Gasteiger partial charge < -0.3 is 64.2 Å². The minimum atomic E-state index is -1.77. The highest BCUT2D eigenvalue weighted by atomic mass is 16.7. The summed E-state index contributed by atoms with van der Waals surface area (Å²) in [6, 6.07) is 0. The number of aliphatic hydroxyl groups excluding tert-OH is 7. The summed E-state index contributed by atoms with van der Waals surface area (Å²) in [5.74, 6) is -0.972. The van der Waals surface area contributed by atoms with Crippen molar-refractivity contribution >= 4 is 11.9 Å². The van der Waals surface area contributed by atoms with Crippen LogP contribution in [0.3, 0.4) is 0 Å². The maximum atomic E-state index is 12.8. The van der Waals surface area contributed by atoms with E-state index in [0.717, 1.165) is 77.0 Å². The highest BCUT2D eigenvalue weighted by Crippen LogP contribution is 2.26. The second-order valence-electron chi connectivity index (χ2n) is 16.2. The van der Waals surface area contributed by atoms with Gasteiger partial charge >= 0.3 is 11.9 Å². The fourth-order valence-corrected chi connectivity index (χ4v) is 6.90. The first-order valence-corrected chi connectivity index (χ1v) is 23.2. The topological polar surface area (TPSA) is 231 Å². The summed E-state index contributed by atoms with van der Waals surface area (Å²) in [6.07, 6.45) is 19.0. The second kappa shape index (κ2) is 34.8. The number of hydrogen-bond donors (Lipinski definition) is 7. The molecule has 2 aliphatic heterocycles. The molecule has 15 nitrogen and oxygen atoms in total. The molecule has 0 bridgehead atoms. The second-order valence-corrected chi connectivity index (χ2v) is 16.2. The molecule has 11 atom stereocenters. The van der Waals surface area contributed by atoms with Crippen molar-refractivity contribution in [1.82, 2.24) is 0 Å². The Hall–Kier alpha value is -2.54. The van der Waals surface area contributed by atoms with Gasteiger partial charge in [0.15, 0.2) is 18.7 Å². The first-order valence-electron chi connectivity index (χ1n) is 23.2. The predicted molar refractivity (Wildman–Crippen MR) is 233 cm³/mol. The van der Waals surface area contributed by atoms with E-state index in [9.17, 15) is 45.3 Å². The molecule has 4 unspecified atom stereocenters. The van der Waals surface area contributed by atoms with Gasteiger partial charge in [-0.25, -0.2) is 0 Å². The van der Waals surface area contributed by atoms with Gasteiger partial charge in [-0.05, 0) is 57.8 Å². The average Bonchev–Trinajstić information content (AvgIpc) is 3.26. The quantitative estimate of drug-likeness (QED) is 0.0252. The lowest BCUT2D eigenvalue weighted by Crippen LogP contribution is -2.61. The fraction of sp³-hybridized carbons (Fsp3) is 0.787. The Morgan fingerprint density at radius 2 is 0.968 bits per heavy atom. The van der Waals surface area contributed by atoms with Crippen LogP contribution in [-0.2, 0) is 38.0 Å². The molecule has 0 amide bonds. The van der Waals surface area contributed by atoms with Crippen LogP contribution in [-0.4, -0.2) is 142 Å². The normalized spacial score (nSPS) is 27.5. The van der Waals surface area contributed by atoms with Gasteiger partial charge in [0.1, 0.15) is 55.4 Å². The van der Waals surface area contributed by atoms with Crippen LogP contribution in [0.2, 0.25) is 0 Å². The van der Waals surface area contributed by atoms with E-state index < -0.39 is 99.3 Å². The monoisotopic (exact) mass is 885 g/mol. The Bertz CT molecular complexity index is 1270. The lowest BCUT2D eigenvalue weighted by molar-refractivity contribution is -0.332. The van der Waals surface area contributed by atoms with E-state index in [0.29, 0.717) is 12.8 Å². The van der Waals surface area contributed by atoms with Crippen molar-refractivity contribution in [3.05, 3.63) is 48.6 Å². The van der Waals surface area contributed by atoms with Crippen molar-refractivity contribution in [1.29, 1.82) is 0 Å². The van der Waals surface area contributed by atoms with Crippen LogP contribution >= 0.6 is 0 Å². The minimum Gasteiger partial charge on any atom is -0.462 e. The smallest absolute Gasteiger partial charge is 0.306 e. The third kappa shape index (κ3) is 23.4. The number of hydrogen-bond acceptors (Lipinski definition) is 15. The molecule has 2 saturated heterocycles. The van der Waals surface area contributed by atoms with Crippen molar-refractivity contribution in [2.45, 2.75) is 210 Å². The molecule has 0 aromatic heterocycles. The third-order valence-corrected chi connectivity index (χ3v) is 10.8. The van der Waals surface area contributed by atoms with Gasteiger partial charge in [0.25, 0.3) is 0 Å². The van der Waals surface area contributed by atoms with Crippen molar-refractivity contribution in [3.63, 3.8) is 0 Å². The lowest BCUT2D eigenvalue weighted by atomic mass is 9.98. The van der Waals surface area contributed by atoms with Crippen LogP contribution in [0.15, 0.2) is 48.6 Å². The molecule has 2 aliphatic rings. The predicted octanol–water partition coefficient (Wildman–Crippen LogP) is 5.15. The molecular weight excluding hydrogens is 805 g/mol. The molecule has 0 saturated carbocycles. The molecule has 62 heavy (non-hydrogen) atoms. The Morgan fingerprint density at radius 1 is 0.516 bits per heavy atom. The van der Waals surface area contributed by atoms with Crippen LogP contribution in [0.25, 0.3) is 0 Å². The maximum Gasteiger partial charge on any atom is 0.306 e. The lowest BCUT2D eigenvalue weighted by Gasteiger charge is -2.42. The van der Waals surface area contributed by atoms with Crippen LogP contribution in [0.5, 0.6) is 0 Å². The first-order chi connectivity index (χ1) is 30.0. The summed E-state index contributed by atoms with van der Waals surface area (Å²) < 4.78 is 33.3. The van der Waals surface area contributed by atoms with E-state index in [1.54, 1.807) is 0 Å². The molecule has 358 valence electrons. The van der Waals surface area contributed by atoms with Gasteiger partial charge in [0.2, 0.25) is 0 Å². The zero-order valence-electron chi connectivity index (χ0n) is 37.3. The summed E-state index contributed by atoms with van der Waals surface area (Å²) in [6.45, 7) is 2.44. The van der Waals surface area contributed by atoms with Gasteiger partial charge in [-0.1, -0.05) is 120 Å². The van der Waals surface area contributed by atoms with E-state index in [4.69, 9.17) is 28.4 Å². The third-order valence-electron chi connectivity index (χ3n) is 10.8. The maximum absolute atomic E-state index is 12.8. The number of rotatable bonds is 34. The number of esters is 2. The van der Waals surface area contributed by atoms with Crippen molar-refractivity contribution in [3.8, 4) is 0 Å². The van der Waals surface area contributed by atoms with Crippen LogP contribution in [0.1, 0.15) is 142 Å². The average molecular weight is 885 g/mol. The molecule has 2 heterocycles. The highest BCUT2D eigenvalue weighted by Gasteiger charge is 2.47. The van der Waals surface area contributed by atoms with E-state index in [2.05, 4.69) is 62.5 Å². The first kappa shape index (κ1) is 55.6. The van der Waals surface area contributed by atoms with Crippen molar-refractivity contribution in [2.24, 2.45) is 0 Å². The number of allylic oxidation sites excluding steroid dienone is 8. The summed E-state index contributed by atoms with van der Waals surface area (Å²) in [7, 11) is 0. The molecule has 2 rings (SSSR count). The molecular formula is C47H80O15. The standard InChI is InChI=1S/C47H80O15/c1-3-5-7-9-11-12-13-14-15-16-17-18-19-20-21-22-24-25-27-29-38(49)57-32-35(60-39(50)30-28-26-23-10-8-6-4-2)33-58-46-45(56)43(54)41(52)37(62-46)34-59-47-44(55)42(53)40(51)36(31-48)61-47/h11-12,14-15,17-18,20-21,35-37,40-48,51-56H,3-10,13,16,19,22-34H2,1-2H3/b12-11+,15-14+,18-17+,21-20+/t35-,36+,37+,40-,41-,42?,43?,44?,45?,46+,47+/m0/s1. The minimum absolute atomic E-state index is 0.155. The van der Waals surface area contributed by atoms with E-state index in [1.807, 2.05) is 0 Å². The molecule has 0 spiro atoms. The summed E-state index contributed by atoms with van der Waals surface area (Å²) in [5.41, 5.74) is 0. The SMILES string of the molecule is CCCCC/C=C/C/C=C/C/C=C/C/C=C/CCCCCC(=O)OC[C@@H](CO[C@@H]1O[C@H](CO[C@@H]2O[C@H](CO)[C@H](O)C(O)C2O)[C@H](O)C(O)C1O)OC(=O)CCCCCCCCC. The Morgan fingerprint density at radius 3 is 1.55 bits per heavy atom. The van der Waals surface area contributed by atoms with Gasteiger partial charge in [-0.3, -0.25) is 9.59 Å². The zero-order valence-corrected chi connectivity index (χ0v) is 37.3. The number of carbonyl (C=O) groups excluding carboxylic acids is 2. The Balaban J connectivity index is 1.81. The molecule has 0 aliphatic carbocycles. The van der Waals surface area contributed by atoms with Gasteiger partial charge in [0, 0.05) is 12.8 Å². The van der Waals surface area contributed by atoms with Crippen LogP contribution in [0, 0.1) is 0 Å². The van der Waals surface area contributed by atoms with Crippen molar-refractivity contribution < 1.29 is 73.8 Å². The molecule has 2 fully saturated rings. The fourth-order valence-electron chi connectivity index (χ4n) is 6.90. The van der Waals surface area contributed by atoms with E-state index in [-0.39, 0.29) is 19.4 Å². The number of aliphatic hydroxyl groups is 7. The summed E-state index contributed by atoms with van der Waals surface area (Å²) in [5, 5.41) is 71.7. The van der Waals surface area contributed by atoms with Crippen LogP contribution in [0.4, 0.5) is 0 Å². The molecule has 0 aromatic carbocycles. The zero-order chi connectivity index (χ0) is 45.4. The number of unbranched alkanes of at least 4 members (excludes halogenated alkanes) is 12. The Labute approximate surface area is 369 Å². The van der Waals surface area contributed by atoms with Gasteiger partial charge in [0.05, 0.1) is 19.8 Å². The van der Waals surface area contributed by atoms with E-state index in [1.165, 1.54) is 25.7 Å². The van der Waals surface area contributed by atoms with Crippen molar-refractivity contribution in [2.75, 3.05) is 26.4 Å². The molecule has 0 aromatic rings. The largest absolute Gasteiger partial charge is 0.462 e. The number of carbonyl (C=O) groups is 2. The molecule has 0 radical (unpaired) electrons. The highest BCUT2D eigenvalue weighted by molar-refractivity contribution is 5.70. The molecule has 15 heteroatoms. The summed E-state index contributed by atoms with van der Waals surface area (Å²) >= 11 is 0. The summed E-state index contributed by atoms with van der Waals surface area (Å²) in [4.78, 5) is 25.5. The Kier molecular flexibility index (Phi) is 31.2. The van der Waals surface area contributed by atoms with Gasteiger partial charge in [-0.15, -0.1) is 0 Å². The molecule has 7 N–H and O–H groups in total. The van der Waals surface area contributed by atoms with Gasteiger partial charge in [-0.2, -0.15) is 0 Å². The van der Waals surface area contributed by atoms with E-state index >= 15 is 0 Å². The van der Waals surface area contributed by atoms with Crippen LogP contribution < -0.4 is 0 Å².